The zero-order chi connectivity index (χ0) is 20.6. The molecule has 7 nitrogen and oxygen atoms in total. The average Bonchev–Trinajstić information content (AvgIpc) is 2.72. The molecule has 0 bridgehead atoms. The van der Waals surface area contributed by atoms with Crippen LogP contribution in [0.3, 0.4) is 0 Å². The maximum atomic E-state index is 12.2. The Balaban J connectivity index is 1.53. The number of para-hydroxylation sites is 2. The number of hydrogen-bond acceptors (Lipinski definition) is 5. The Labute approximate surface area is 170 Å². The molecule has 3 rings (SSSR count). The molecule has 0 spiro atoms. The predicted octanol–water partition coefficient (Wildman–Crippen LogP) is 3.52. The normalized spacial score (nSPS) is 16.9. The van der Waals surface area contributed by atoms with Gasteiger partial charge in [-0.25, -0.2) is 0 Å². The van der Waals surface area contributed by atoms with Gasteiger partial charge in [0.1, 0.15) is 0 Å². The third kappa shape index (κ3) is 6.02. The molecule has 1 aliphatic heterocycles. The molecule has 1 N–H and O–H groups in total. The minimum atomic E-state index is -0.523. The third-order valence-corrected chi connectivity index (χ3v) is 5.15. The molecule has 1 heterocycles. The van der Waals surface area contributed by atoms with Crippen LogP contribution in [-0.2, 0) is 17.9 Å². The van der Waals surface area contributed by atoms with Crippen LogP contribution in [0.4, 0.5) is 5.69 Å². The number of ether oxygens (including phenoxy) is 1. The number of benzene rings is 2. The van der Waals surface area contributed by atoms with E-state index in [1.165, 1.54) is 30.5 Å². The van der Waals surface area contributed by atoms with Crippen molar-refractivity contribution in [1.29, 1.82) is 0 Å². The van der Waals surface area contributed by atoms with Gasteiger partial charge in [0.15, 0.2) is 12.4 Å². The van der Waals surface area contributed by atoms with E-state index < -0.39 is 4.92 Å². The smallest absolute Gasteiger partial charge is 0.310 e. The summed E-state index contributed by atoms with van der Waals surface area (Å²) >= 11 is 0. The first-order chi connectivity index (χ1) is 14.0. The lowest BCUT2D eigenvalue weighted by molar-refractivity contribution is -0.385. The molecule has 1 atom stereocenters. The highest BCUT2D eigenvalue weighted by molar-refractivity contribution is 5.77. The Hall–Kier alpha value is -2.93. The molecule has 1 saturated heterocycles. The molecule has 0 aliphatic carbocycles. The zero-order valence-corrected chi connectivity index (χ0v) is 16.7. The van der Waals surface area contributed by atoms with Crippen LogP contribution in [0.5, 0.6) is 5.75 Å². The van der Waals surface area contributed by atoms with Gasteiger partial charge in [-0.1, -0.05) is 43.3 Å². The van der Waals surface area contributed by atoms with Crippen molar-refractivity contribution < 1.29 is 14.5 Å². The first-order valence-electron chi connectivity index (χ1n) is 9.95. The van der Waals surface area contributed by atoms with Gasteiger partial charge >= 0.3 is 5.69 Å². The van der Waals surface area contributed by atoms with Crippen molar-refractivity contribution >= 4 is 11.6 Å². The Morgan fingerprint density at radius 2 is 1.93 bits per heavy atom. The van der Waals surface area contributed by atoms with Crippen LogP contribution in [0.15, 0.2) is 48.5 Å². The summed E-state index contributed by atoms with van der Waals surface area (Å²) in [6.45, 7) is 5.51. The Morgan fingerprint density at radius 1 is 1.21 bits per heavy atom. The fourth-order valence-corrected chi connectivity index (χ4v) is 3.67. The van der Waals surface area contributed by atoms with Gasteiger partial charge in [0.2, 0.25) is 0 Å². The van der Waals surface area contributed by atoms with Crippen molar-refractivity contribution in [1.82, 2.24) is 10.2 Å². The standard InChI is InChI=1S/C22H27N3O4/c1-17-7-6-12-24(14-17)15-19-9-3-2-8-18(19)13-23-22(26)16-29-21-11-5-4-10-20(21)25(27)28/h2-5,8-11,17H,6-7,12-16H2,1H3,(H,23,26). The number of nitrogens with zero attached hydrogens (tertiary/aromatic N) is 2. The van der Waals surface area contributed by atoms with Gasteiger partial charge in [-0.3, -0.25) is 19.8 Å². The summed E-state index contributed by atoms with van der Waals surface area (Å²) in [6, 6.07) is 14.1. The molecule has 0 aromatic heterocycles. The van der Waals surface area contributed by atoms with Gasteiger partial charge in [0.05, 0.1) is 4.92 Å². The summed E-state index contributed by atoms with van der Waals surface area (Å²) in [6.07, 6.45) is 2.51. The van der Waals surface area contributed by atoms with E-state index in [2.05, 4.69) is 23.2 Å². The molecule has 1 amide bonds. The van der Waals surface area contributed by atoms with E-state index in [4.69, 9.17) is 4.74 Å². The summed E-state index contributed by atoms with van der Waals surface area (Å²) < 4.78 is 5.35. The van der Waals surface area contributed by atoms with Crippen LogP contribution < -0.4 is 10.1 Å². The maximum absolute atomic E-state index is 12.2. The highest BCUT2D eigenvalue weighted by atomic mass is 16.6. The largest absolute Gasteiger partial charge is 0.477 e. The predicted molar refractivity (Wildman–Crippen MR) is 111 cm³/mol. The van der Waals surface area contributed by atoms with E-state index in [-0.39, 0.29) is 24.0 Å². The van der Waals surface area contributed by atoms with Gasteiger partial charge in [-0.15, -0.1) is 0 Å². The number of piperidine rings is 1. The minimum Gasteiger partial charge on any atom is -0.477 e. The quantitative estimate of drug-likeness (QED) is 0.544. The van der Waals surface area contributed by atoms with E-state index in [0.29, 0.717) is 6.54 Å². The molecule has 0 radical (unpaired) electrons. The maximum Gasteiger partial charge on any atom is 0.310 e. The van der Waals surface area contributed by atoms with Crippen molar-refractivity contribution in [2.45, 2.75) is 32.9 Å². The fraction of sp³-hybridized carbons (Fsp3) is 0.409. The van der Waals surface area contributed by atoms with Gasteiger partial charge in [-0.05, 0) is 42.5 Å². The van der Waals surface area contributed by atoms with Gasteiger partial charge in [0.25, 0.3) is 5.91 Å². The lowest BCUT2D eigenvalue weighted by atomic mass is 9.99. The number of rotatable bonds is 8. The molecule has 1 fully saturated rings. The minimum absolute atomic E-state index is 0.0901. The number of nitrogens with one attached hydrogen (secondary N) is 1. The van der Waals surface area contributed by atoms with Crippen molar-refractivity contribution in [3.05, 3.63) is 69.8 Å². The first kappa shape index (κ1) is 20.8. The van der Waals surface area contributed by atoms with Crippen molar-refractivity contribution in [3.8, 4) is 5.75 Å². The molecular formula is C22H27N3O4. The van der Waals surface area contributed by atoms with Crippen LogP contribution in [0.25, 0.3) is 0 Å². The second-order valence-corrected chi connectivity index (χ2v) is 7.54. The summed E-state index contributed by atoms with van der Waals surface area (Å²) in [5.74, 6) is 0.492. The second-order valence-electron chi connectivity index (χ2n) is 7.54. The van der Waals surface area contributed by atoms with Crippen LogP contribution in [-0.4, -0.2) is 35.4 Å². The highest BCUT2D eigenvalue weighted by Gasteiger charge is 2.18. The topological polar surface area (TPSA) is 84.7 Å². The van der Waals surface area contributed by atoms with Crippen molar-refractivity contribution in [3.63, 3.8) is 0 Å². The van der Waals surface area contributed by atoms with Crippen molar-refractivity contribution in [2.24, 2.45) is 5.92 Å². The highest BCUT2D eigenvalue weighted by Crippen LogP contribution is 2.25. The SMILES string of the molecule is CC1CCCN(Cc2ccccc2CNC(=O)COc2ccccc2[N+](=O)[O-])C1. The summed E-state index contributed by atoms with van der Waals surface area (Å²) in [5, 5.41) is 13.9. The summed E-state index contributed by atoms with van der Waals surface area (Å²) in [4.78, 5) is 25.2. The molecule has 154 valence electrons. The number of nitro groups is 1. The summed E-state index contributed by atoms with van der Waals surface area (Å²) in [7, 11) is 0. The number of amides is 1. The number of carbonyl (C=O) groups is 1. The fourth-order valence-electron chi connectivity index (χ4n) is 3.67. The van der Waals surface area contributed by atoms with E-state index in [0.717, 1.165) is 31.1 Å². The lowest BCUT2D eigenvalue weighted by Gasteiger charge is -2.31. The van der Waals surface area contributed by atoms with Crippen LogP contribution >= 0.6 is 0 Å². The van der Waals surface area contributed by atoms with Gasteiger partial charge in [-0.2, -0.15) is 0 Å². The lowest BCUT2D eigenvalue weighted by Crippen LogP contribution is -2.34. The molecule has 1 unspecified atom stereocenters. The number of carbonyl (C=O) groups excluding carboxylic acids is 1. The van der Waals surface area contributed by atoms with E-state index in [1.54, 1.807) is 12.1 Å². The Morgan fingerprint density at radius 3 is 2.69 bits per heavy atom. The second kappa shape index (κ2) is 10.0. The van der Waals surface area contributed by atoms with Gasteiger partial charge in [0, 0.05) is 25.7 Å². The molecule has 2 aromatic rings. The Kier molecular flexibility index (Phi) is 7.19. The third-order valence-electron chi connectivity index (χ3n) is 5.15. The van der Waals surface area contributed by atoms with Gasteiger partial charge < -0.3 is 10.1 Å². The number of nitro benzene ring substituents is 1. The zero-order valence-electron chi connectivity index (χ0n) is 16.7. The first-order valence-corrected chi connectivity index (χ1v) is 9.95. The van der Waals surface area contributed by atoms with E-state index in [1.807, 2.05) is 18.2 Å². The van der Waals surface area contributed by atoms with Crippen LogP contribution in [0.1, 0.15) is 30.9 Å². The Bertz CT molecular complexity index is 855. The molecule has 7 heteroatoms. The molecule has 0 saturated carbocycles. The molecule has 29 heavy (non-hydrogen) atoms. The molecule has 2 aromatic carbocycles. The monoisotopic (exact) mass is 397 g/mol. The van der Waals surface area contributed by atoms with Crippen molar-refractivity contribution in [2.75, 3.05) is 19.7 Å². The van der Waals surface area contributed by atoms with E-state index in [9.17, 15) is 14.9 Å². The number of likely N-dealkylation sites (tertiary alicyclic amines) is 1. The molecule has 1 aliphatic rings. The number of hydrogen-bond donors (Lipinski definition) is 1. The van der Waals surface area contributed by atoms with Crippen LogP contribution in [0, 0.1) is 16.0 Å². The van der Waals surface area contributed by atoms with Crippen LogP contribution in [0.2, 0.25) is 0 Å². The summed E-state index contributed by atoms with van der Waals surface area (Å²) in [5.41, 5.74) is 2.13. The average molecular weight is 397 g/mol. The molecular weight excluding hydrogens is 370 g/mol. The van der Waals surface area contributed by atoms with E-state index >= 15 is 0 Å².